The summed E-state index contributed by atoms with van der Waals surface area (Å²) in [6, 6.07) is 5.71. The summed E-state index contributed by atoms with van der Waals surface area (Å²) in [5, 5.41) is -0.397. The molecule has 1 amide bonds. The second-order valence-corrected chi connectivity index (χ2v) is 8.88. The SMILES string of the molecule is CCC(C)(C)C(=O)C(=O)N1CCCC(C[C@H](C)c2cccc(F)c2)C1C(=O)S. The number of hydrogen-bond donors (Lipinski definition) is 1. The van der Waals surface area contributed by atoms with Crippen LogP contribution in [0.2, 0.25) is 0 Å². The first-order chi connectivity index (χ1) is 13.1. The highest BCUT2D eigenvalue weighted by atomic mass is 32.1. The van der Waals surface area contributed by atoms with Crippen molar-refractivity contribution < 1.29 is 18.8 Å². The smallest absolute Gasteiger partial charge is 0.291 e. The van der Waals surface area contributed by atoms with Gasteiger partial charge in [-0.05, 0) is 55.2 Å². The molecule has 0 aliphatic carbocycles. The Balaban J connectivity index is 2.22. The zero-order chi connectivity index (χ0) is 21.1. The maximum absolute atomic E-state index is 13.6. The first-order valence-corrected chi connectivity index (χ1v) is 10.4. The van der Waals surface area contributed by atoms with Crippen molar-refractivity contribution in [3.8, 4) is 0 Å². The number of halogens is 1. The lowest BCUT2D eigenvalue weighted by atomic mass is 9.79. The molecule has 1 aromatic carbocycles. The zero-order valence-corrected chi connectivity index (χ0v) is 18.0. The molecule has 1 aromatic rings. The highest BCUT2D eigenvalue weighted by molar-refractivity contribution is 7.96. The molecule has 2 unspecified atom stereocenters. The van der Waals surface area contributed by atoms with Gasteiger partial charge in [-0.25, -0.2) is 4.39 Å². The molecule has 0 spiro atoms. The van der Waals surface area contributed by atoms with Crippen LogP contribution >= 0.6 is 12.6 Å². The number of rotatable bonds is 7. The topological polar surface area (TPSA) is 54.5 Å². The van der Waals surface area contributed by atoms with E-state index in [1.165, 1.54) is 17.0 Å². The van der Waals surface area contributed by atoms with E-state index in [2.05, 4.69) is 12.6 Å². The number of thiol groups is 1. The van der Waals surface area contributed by atoms with E-state index in [4.69, 9.17) is 0 Å². The molecule has 0 radical (unpaired) electrons. The van der Waals surface area contributed by atoms with Gasteiger partial charge in [-0.3, -0.25) is 14.4 Å². The molecule has 2 rings (SSSR count). The van der Waals surface area contributed by atoms with Crippen molar-refractivity contribution in [1.29, 1.82) is 0 Å². The summed E-state index contributed by atoms with van der Waals surface area (Å²) in [7, 11) is 0. The van der Waals surface area contributed by atoms with Gasteiger partial charge in [-0.1, -0.05) is 39.8 Å². The normalized spacial score (nSPS) is 21.3. The molecule has 1 aliphatic rings. The van der Waals surface area contributed by atoms with Crippen molar-refractivity contribution in [2.45, 2.75) is 65.3 Å². The van der Waals surface area contributed by atoms with Gasteiger partial charge < -0.3 is 4.90 Å². The molecular formula is C22H30FNO3S. The van der Waals surface area contributed by atoms with Crippen LogP contribution in [0.3, 0.4) is 0 Å². The maximum atomic E-state index is 13.6. The summed E-state index contributed by atoms with van der Waals surface area (Å²) in [6.45, 7) is 7.73. The van der Waals surface area contributed by atoms with Crippen LogP contribution in [0.5, 0.6) is 0 Å². The molecule has 28 heavy (non-hydrogen) atoms. The molecule has 1 saturated heterocycles. The molecule has 1 aliphatic heterocycles. The average molecular weight is 408 g/mol. The Bertz CT molecular complexity index is 749. The minimum Gasteiger partial charge on any atom is -0.325 e. The first-order valence-electron chi connectivity index (χ1n) is 9.92. The van der Waals surface area contributed by atoms with Crippen LogP contribution in [0, 0.1) is 17.2 Å². The fourth-order valence-corrected chi connectivity index (χ4v) is 4.22. The monoisotopic (exact) mass is 407 g/mol. The number of benzene rings is 1. The molecule has 0 aromatic heterocycles. The third kappa shape index (κ3) is 5.02. The molecule has 0 saturated carbocycles. The number of carbonyl (C=O) groups is 3. The van der Waals surface area contributed by atoms with Crippen LogP contribution in [0.4, 0.5) is 4.39 Å². The molecule has 3 atom stereocenters. The predicted octanol–water partition coefficient (Wildman–Crippen LogP) is 4.39. The fourth-order valence-electron chi connectivity index (χ4n) is 3.87. The van der Waals surface area contributed by atoms with Gasteiger partial charge in [0, 0.05) is 12.0 Å². The number of amides is 1. The van der Waals surface area contributed by atoms with E-state index in [0.29, 0.717) is 19.4 Å². The summed E-state index contributed by atoms with van der Waals surface area (Å²) < 4.78 is 13.6. The van der Waals surface area contributed by atoms with Gasteiger partial charge in [0.15, 0.2) is 0 Å². The zero-order valence-electron chi connectivity index (χ0n) is 17.1. The number of piperidine rings is 1. The van der Waals surface area contributed by atoms with E-state index >= 15 is 0 Å². The van der Waals surface area contributed by atoms with E-state index in [0.717, 1.165) is 18.4 Å². The Kier molecular flexibility index (Phi) is 7.43. The van der Waals surface area contributed by atoms with Crippen LogP contribution < -0.4 is 0 Å². The number of ketones is 1. The Morgan fingerprint density at radius 3 is 2.57 bits per heavy atom. The van der Waals surface area contributed by atoms with Gasteiger partial charge in [-0.15, -0.1) is 12.6 Å². The van der Waals surface area contributed by atoms with Gasteiger partial charge in [0.25, 0.3) is 5.91 Å². The number of hydrogen-bond acceptors (Lipinski definition) is 3. The molecule has 6 heteroatoms. The summed E-state index contributed by atoms with van der Waals surface area (Å²) in [6.07, 6.45) is 2.66. The Morgan fingerprint density at radius 2 is 2.00 bits per heavy atom. The third-order valence-corrected chi connectivity index (χ3v) is 6.30. The number of nitrogens with zero attached hydrogens (tertiary/aromatic N) is 1. The Morgan fingerprint density at radius 1 is 1.32 bits per heavy atom. The molecule has 1 fully saturated rings. The van der Waals surface area contributed by atoms with Crippen LogP contribution in [0.1, 0.15) is 64.9 Å². The van der Waals surface area contributed by atoms with Crippen LogP contribution in [0.15, 0.2) is 24.3 Å². The van der Waals surface area contributed by atoms with E-state index < -0.39 is 28.3 Å². The van der Waals surface area contributed by atoms with Crippen LogP contribution in [-0.2, 0) is 14.4 Å². The number of likely N-dealkylation sites (tertiary alicyclic amines) is 1. The van der Waals surface area contributed by atoms with Crippen molar-refractivity contribution in [1.82, 2.24) is 4.90 Å². The van der Waals surface area contributed by atoms with Crippen molar-refractivity contribution in [2.75, 3.05) is 6.54 Å². The predicted molar refractivity (Wildman–Crippen MR) is 111 cm³/mol. The highest BCUT2D eigenvalue weighted by Gasteiger charge is 2.43. The lowest BCUT2D eigenvalue weighted by Gasteiger charge is -2.41. The van der Waals surface area contributed by atoms with E-state index in [1.54, 1.807) is 19.9 Å². The summed E-state index contributed by atoms with van der Waals surface area (Å²) in [4.78, 5) is 39.3. The Hall–Kier alpha value is -1.69. The average Bonchev–Trinajstić information content (AvgIpc) is 2.66. The van der Waals surface area contributed by atoms with Crippen molar-refractivity contribution in [3.05, 3.63) is 35.6 Å². The second-order valence-electron chi connectivity index (χ2n) is 8.44. The van der Waals surface area contributed by atoms with Gasteiger partial charge in [0.05, 0.1) is 0 Å². The minimum absolute atomic E-state index is 0.0220. The molecule has 4 nitrogen and oxygen atoms in total. The van der Waals surface area contributed by atoms with E-state index in [-0.39, 0.29) is 17.7 Å². The quantitative estimate of drug-likeness (QED) is 0.539. The lowest BCUT2D eigenvalue weighted by Crippen LogP contribution is -2.55. The molecular weight excluding hydrogens is 377 g/mol. The van der Waals surface area contributed by atoms with Crippen molar-refractivity contribution in [2.24, 2.45) is 11.3 Å². The van der Waals surface area contributed by atoms with Crippen molar-refractivity contribution >= 4 is 29.4 Å². The number of carbonyl (C=O) groups excluding carboxylic acids is 3. The standard InChI is InChI=1S/C22H30FNO3S/c1-5-22(3,4)19(25)20(26)24-11-7-9-16(18(24)21(27)28)12-14(2)15-8-6-10-17(23)13-15/h6,8,10,13-14,16,18H,5,7,9,11-12H2,1-4H3,(H,27,28)/t14-,16?,18?/m0/s1. The first kappa shape index (κ1) is 22.6. The molecule has 0 bridgehead atoms. The molecule has 154 valence electrons. The van der Waals surface area contributed by atoms with Gasteiger partial charge in [0.2, 0.25) is 10.9 Å². The summed E-state index contributed by atoms with van der Waals surface area (Å²) in [5.74, 6) is -1.44. The van der Waals surface area contributed by atoms with Crippen LogP contribution in [-0.4, -0.2) is 34.3 Å². The highest BCUT2D eigenvalue weighted by Crippen LogP contribution is 2.35. The van der Waals surface area contributed by atoms with E-state index in [9.17, 15) is 18.8 Å². The Labute approximate surface area is 172 Å². The third-order valence-electron chi connectivity index (χ3n) is 6.04. The van der Waals surface area contributed by atoms with Gasteiger partial charge in [-0.2, -0.15) is 0 Å². The largest absolute Gasteiger partial charge is 0.325 e. The second kappa shape index (κ2) is 9.21. The van der Waals surface area contributed by atoms with Crippen molar-refractivity contribution in [3.63, 3.8) is 0 Å². The minimum atomic E-state index is -0.761. The van der Waals surface area contributed by atoms with Crippen LogP contribution in [0.25, 0.3) is 0 Å². The number of Topliss-reactive ketones (excluding diaryl/α,β-unsaturated/α-hetero) is 1. The van der Waals surface area contributed by atoms with Gasteiger partial charge in [0.1, 0.15) is 11.9 Å². The maximum Gasteiger partial charge on any atom is 0.291 e. The molecule has 0 N–H and O–H groups in total. The summed E-state index contributed by atoms with van der Waals surface area (Å²) >= 11 is 4.04. The molecule has 1 heterocycles. The fraction of sp³-hybridized carbons (Fsp3) is 0.591. The summed E-state index contributed by atoms with van der Waals surface area (Å²) in [5.41, 5.74) is 0.0975. The van der Waals surface area contributed by atoms with Gasteiger partial charge >= 0.3 is 0 Å². The van der Waals surface area contributed by atoms with E-state index in [1.807, 2.05) is 19.9 Å². The lowest BCUT2D eigenvalue weighted by molar-refractivity contribution is -0.154.